The van der Waals surface area contributed by atoms with E-state index in [4.69, 9.17) is 0 Å². The molecule has 30 heavy (non-hydrogen) atoms. The Bertz CT molecular complexity index is 730. The normalized spacial score (nSPS) is 18.6. The lowest BCUT2D eigenvalue weighted by Gasteiger charge is -2.51. The van der Waals surface area contributed by atoms with Crippen molar-refractivity contribution in [2.24, 2.45) is 11.3 Å². The van der Waals surface area contributed by atoms with Gasteiger partial charge in [0.25, 0.3) is 0 Å². The number of hydrogen-bond acceptors (Lipinski definition) is 4. The molecule has 1 spiro atoms. The fourth-order valence-corrected chi connectivity index (χ4v) is 4.65. The summed E-state index contributed by atoms with van der Waals surface area (Å²) in [6.07, 6.45) is 5.34. The van der Waals surface area contributed by atoms with Gasteiger partial charge in [-0.1, -0.05) is 20.8 Å². The van der Waals surface area contributed by atoms with Crippen molar-refractivity contribution in [3.05, 3.63) is 29.3 Å². The number of benzene rings is 1. The quantitative estimate of drug-likeness (QED) is 0.664. The third kappa shape index (κ3) is 5.43. The van der Waals surface area contributed by atoms with Crippen LogP contribution in [-0.4, -0.2) is 31.7 Å². The van der Waals surface area contributed by atoms with Crippen molar-refractivity contribution in [3.8, 4) is 0 Å². The first-order valence-corrected chi connectivity index (χ1v) is 10.8. The minimum Gasteiger partial charge on any atom is -0.371 e. The van der Waals surface area contributed by atoms with Gasteiger partial charge in [-0.05, 0) is 55.6 Å². The van der Waals surface area contributed by atoms with Crippen LogP contribution in [0.15, 0.2) is 12.1 Å². The van der Waals surface area contributed by atoms with Crippen molar-refractivity contribution in [1.29, 1.82) is 0 Å². The van der Waals surface area contributed by atoms with Crippen molar-refractivity contribution < 1.29 is 23.2 Å². The summed E-state index contributed by atoms with van der Waals surface area (Å²) >= 11 is 0. The van der Waals surface area contributed by atoms with Gasteiger partial charge in [0.2, 0.25) is 12.3 Å². The predicted molar refractivity (Wildman–Crippen MR) is 112 cm³/mol. The number of rotatable bonds is 7. The number of nitrogens with one attached hydrogen (secondary N) is 1. The Balaban J connectivity index is 0.00000155. The number of anilines is 1. The molecule has 5 nitrogen and oxygen atoms in total. The van der Waals surface area contributed by atoms with Gasteiger partial charge in [-0.25, -0.2) is 8.78 Å². The van der Waals surface area contributed by atoms with Crippen LogP contribution in [0.4, 0.5) is 14.5 Å². The summed E-state index contributed by atoms with van der Waals surface area (Å²) in [6, 6.07) is 2.74. The molecule has 0 aromatic heterocycles. The molecule has 3 rings (SSSR count). The smallest absolute Gasteiger partial charge is 0.226 e. The molecule has 1 unspecified atom stereocenters. The summed E-state index contributed by atoms with van der Waals surface area (Å²) < 4.78 is 29.3. The molecule has 1 atom stereocenters. The first kappa shape index (κ1) is 24.0. The Morgan fingerprint density at radius 3 is 2.27 bits per heavy atom. The molecule has 7 heteroatoms. The molecule has 1 saturated carbocycles. The third-order valence-electron chi connectivity index (χ3n) is 6.35. The van der Waals surface area contributed by atoms with E-state index in [1.165, 1.54) is 12.1 Å². The van der Waals surface area contributed by atoms with E-state index >= 15 is 0 Å². The number of imide groups is 1. The molecular formula is C23H32F2N2O3. The lowest BCUT2D eigenvalue weighted by Crippen LogP contribution is -2.47. The molecule has 1 heterocycles. The average Bonchev–Trinajstić information content (AvgIpc) is 2.71. The fourth-order valence-electron chi connectivity index (χ4n) is 4.65. The van der Waals surface area contributed by atoms with Gasteiger partial charge in [0.1, 0.15) is 17.9 Å². The van der Waals surface area contributed by atoms with E-state index in [0.717, 1.165) is 45.1 Å². The molecule has 1 N–H and O–H groups in total. The van der Waals surface area contributed by atoms with Gasteiger partial charge in [-0.3, -0.25) is 14.9 Å². The van der Waals surface area contributed by atoms with Gasteiger partial charge in [0, 0.05) is 36.7 Å². The maximum Gasteiger partial charge on any atom is 0.226 e. The highest BCUT2D eigenvalue weighted by Gasteiger charge is 2.45. The predicted octanol–water partition coefficient (Wildman–Crippen LogP) is 4.34. The maximum atomic E-state index is 14.7. The van der Waals surface area contributed by atoms with Gasteiger partial charge < -0.3 is 9.69 Å². The number of carbonyl (C=O) groups is 3. The molecule has 1 aromatic carbocycles. The van der Waals surface area contributed by atoms with Crippen molar-refractivity contribution in [1.82, 2.24) is 5.32 Å². The number of hydrogen-bond donors (Lipinski definition) is 1. The first-order chi connectivity index (χ1) is 14.4. The van der Waals surface area contributed by atoms with Gasteiger partial charge >= 0.3 is 0 Å². The zero-order chi connectivity index (χ0) is 22.3. The van der Waals surface area contributed by atoms with Gasteiger partial charge in [-0.15, -0.1) is 0 Å². The standard InChI is InChI=1S/C21H26F2N2O3.C2H6/c1-14(2-3-19(28)24-13-27)20-17(22)8-16(9-18(20)23)25-6-4-21(5-7-25)10-15(11-21)12-26;1-2/h8-9,12-15H,2-7,10-11H2,1H3,(H,24,27,28);1-2H3. The molecule has 1 aliphatic heterocycles. The Morgan fingerprint density at radius 2 is 1.77 bits per heavy atom. The van der Waals surface area contributed by atoms with E-state index in [1.807, 2.05) is 24.1 Å². The molecule has 2 amide bonds. The van der Waals surface area contributed by atoms with Crippen LogP contribution in [0.3, 0.4) is 0 Å². The summed E-state index contributed by atoms with van der Waals surface area (Å²) in [4.78, 5) is 34.5. The van der Waals surface area contributed by atoms with Gasteiger partial charge in [0.05, 0.1) is 0 Å². The highest BCUT2D eigenvalue weighted by molar-refractivity contribution is 5.85. The number of piperidine rings is 1. The van der Waals surface area contributed by atoms with Crippen LogP contribution >= 0.6 is 0 Å². The van der Waals surface area contributed by atoms with Crippen LogP contribution < -0.4 is 10.2 Å². The van der Waals surface area contributed by atoms with Crippen molar-refractivity contribution in [3.63, 3.8) is 0 Å². The number of carbonyl (C=O) groups excluding carboxylic acids is 3. The first-order valence-electron chi connectivity index (χ1n) is 10.8. The van der Waals surface area contributed by atoms with Gasteiger partial charge in [-0.2, -0.15) is 0 Å². The van der Waals surface area contributed by atoms with E-state index < -0.39 is 23.5 Å². The van der Waals surface area contributed by atoms with E-state index in [1.54, 1.807) is 6.92 Å². The molecule has 1 saturated heterocycles. The molecule has 2 aliphatic rings. The summed E-state index contributed by atoms with van der Waals surface area (Å²) in [5.74, 6) is -1.98. The van der Waals surface area contributed by atoms with Crippen molar-refractivity contribution >= 4 is 24.3 Å². The van der Waals surface area contributed by atoms with Crippen molar-refractivity contribution in [2.75, 3.05) is 18.0 Å². The van der Waals surface area contributed by atoms with E-state index in [0.29, 0.717) is 12.1 Å². The molecule has 1 aliphatic carbocycles. The highest BCUT2D eigenvalue weighted by Crippen LogP contribution is 2.52. The van der Waals surface area contributed by atoms with Crippen LogP contribution in [0.5, 0.6) is 0 Å². The number of aldehydes is 1. The summed E-state index contributed by atoms with van der Waals surface area (Å²) in [5.41, 5.74) is 0.741. The maximum absolute atomic E-state index is 14.7. The Labute approximate surface area is 177 Å². The van der Waals surface area contributed by atoms with Crippen LogP contribution in [0, 0.1) is 23.0 Å². The van der Waals surface area contributed by atoms with Crippen LogP contribution in [0.1, 0.15) is 70.8 Å². The Hall–Kier alpha value is -2.31. The zero-order valence-corrected chi connectivity index (χ0v) is 18.0. The lowest BCUT2D eigenvalue weighted by atomic mass is 9.58. The van der Waals surface area contributed by atoms with Crippen LogP contribution in [0.2, 0.25) is 0 Å². The van der Waals surface area contributed by atoms with Crippen LogP contribution in [0.25, 0.3) is 0 Å². The largest absolute Gasteiger partial charge is 0.371 e. The Morgan fingerprint density at radius 1 is 1.20 bits per heavy atom. The number of halogens is 2. The second-order valence-electron chi connectivity index (χ2n) is 8.24. The van der Waals surface area contributed by atoms with Crippen LogP contribution in [-0.2, 0) is 14.4 Å². The monoisotopic (exact) mass is 422 g/mol. The lowest BCUT2D eigenvalue weighted by molar-refractivity contribution is -0.125. The number of amides is 2. The Kier molecular flexibility index (Phi) is 8.50. The summed E-state index contributed by atoms with van der Waals surface area (Å²) in [7, 11) is 0. The van der Waals surface area contributed by atoms with E-state index in [2.05, 4.69) is 0 Å². The topological polar surface area (TPSA) is 66.5 Å². The zero-order valence-electron chi connectivity index (χ0n) is 18.0. The highest BCUT2D eigenvalue weighted by atomic mass is 19.1. The second-order valence-corrected chi connectivity index (χ2v) is 8.24. The fraction of sp³-hybridized carbons (Fsp3) is 0.609. The van der Waals surface area contributed by atoms with Crippen molar-refractivity contribution in [2.45, 2.75) is 65.2 Å². The third-order valence-corrected chi connectivity index (χ3v) is 6.35. The van der Waals surface area contributed by atoms with E-state index in [-0.39, 0.29) is 29.7 Å². The van der Waals surface area contributed by atoms with E-state index in [9.17, 15) is 23.2 Å². The molecule has 0 radical (unpaired) electrons. The minimum atomic E-state index is -0.608. The number of nitrogens with zero attached hydrogens (tertiary/aromatic N) is 1. The average molecular weight is 423 g/mol. The summed E-state index contributed by atoms with van der Waals surface area (Å²) in [6.45, 7) is 7.12. The SMILES string of the molecule is CC.CC(CCC(=O)NC=O)c1c(F)cc(N2CCC3(CC2)CC(C=O)C3)cc1F. The molecule has 0 bridgehead atoms. The molecule has 166 valence electrons. The second kappa shape index (κ2) is 10.6. The summed E-state index contributed by atoms with van der Waals surface area (Å²) in [5, 5.41) is 2.02. The molecular weight excluding hydrogens is 390 g/mol. The van der Waals surface area contributed by atoms with Gasteiger partial charge in [0.15, 0.2) is 0 Å². The molecule has 1 aromatic rings. The minimum absolute atomic E-state index is 0.0241. The molecule has 2 fully saturated rings.